The number of carbonyl (C=O) groups is 1. The predicted molar refractivity (Wildman–Crippen MR) is 135 cm³/mol. The van der Waals surface area contributed by atoms with Gasteiger partial charge in [-0.2, -0.15) is 0 Å². The van der Waals surface area contributed by atoms with Gasteiger partial charge in [-0.25, -0.2) is 9.37 Å². The van der Waals surface area contributed by atoms with Crippen molar-refractivity contribution >= 4 is 28.1 Å². The molecule has 0 saturated heterocycles. The van der Waals surface area contributed by atoms with Crippen LogP contribution in [0.3, 0.4) is 0 Å². The predicted octanol–water partition coefficient (Wildman–Crippen LogP) is 6.98. The van der Waals surface area contributed by atoms with Gasteiger partial charge in [-0.05, 0) is 85.9 Å². The first-order valence-corrected chi connectivity index (χ1v) is 12.8. The Kier molecular flexibility index (Phi) is 6.68. The van der Waals surface area contributed by atoms with E-state index < -0.39 is 0 Å². The first-order valence-electron chi connectivity index (χ1n) is 12.0. The lowest BCUT2D eigenvalue weighted by Crippen LogP contribution is -2.41. The quantitative estimate of drug-likeness (QED) is 0.329. The number of hydrogen-bond donors (Lipinski definition) is 1. The number of fused-ring (bicyclic) bond motifs is 1. The van der Waals surface area contributed by atoms with Gasteiger partial charge in [-0.3, -0.25) is 9.78 Å². The van der Waals surface area contributed by atoms with E-state index in [0.717, 1.165) is 53.6 Å². The van der Waals surface area contributed by atoms with Crippen molar-refractivity contribution in [1.82, 2.24) is 15.3 Å². The summed E-state index contributed by atoms with van der Waals surface area (Å²) in [5.41, 5.74) is 3.75. The highest BCUT2D eigenvalue weighted by Crippen LogP contribution is 2.40. The van der Waals surface area contributed by atoms with Gasteiger partial charge in [-0.15, -0.1) is 11.3 Å². The molecule has 1 amide bonds. The summed E-state index contributed by atoms with van der Waals surface area (Å²) in [7, 11) is 0. The highest BCUT2D eigenvalue weighted by atomic mass is 32.1. The number of hydrogen-bond acceptors (Lipinski definition) is 4. The van der Waals surface area contributed by atoms with Crippen LogP contribution < -0.4 is 5.32 Å². The number of amides is 1. The van der Waals surface area contributed by atoms with Crippen LogP contribution in [0.4, 0.5) is 4.39 Å². The zero-order chi connectivity index (χ0) is 23.5. The summed E-state index contributed by atoms with van der Waals surface area (Å²) in [6.45, 7) is 2.14. The summed E-state index contributed by atoms with van der Waals surface area (Å²) in [6, 6.07) is 14.7. The fraction of sp³-hybridized carbons (Fsp3) is 0.321. The van der Waals surface area contributed by atoms with Gasteiger partial charge < -0.3 is 5.32 Å². The van der Waals surface area contributed by atoms with Crippen molar-refractivity contribution in [3.05, 3.63) is 83.2 Å². The van der Waals surface area contributed by atoms with E-state index in [0.29, 0.717) is 17.4 Å². The summed E-state index contributed by atoms with van der Waals surface area (Å²) < 4.78 is 13.9. The molecule has 1 saturated carbocycles. The average molecular weight is 474 g/mol. The summed E-state index contributed by atoms with van der Waals surface area (Å²) in [4.78, 5) is 21.7. The number of nitrogens with one attached hydrogen (secondary N) is 1. The van der Waals surface area contributed by atoms with E-state index in [2.05, 4.69) is 22.2 Å². The maximum Gasteiger partial charge on any atom is 0.251 e. The third kappa shape index (κ3) is 4.73. The van der Waals surface area contributed by atoms with Gasteiger partial charge in [0.05, 0.1) is 5.52 Å². The molecule has 1 aliphatic rings. The van der Waals surface area contributed by atoms with Crippen molar-refractivity contribution < 1.29 is 9.18 Å². The second kappa shape index (κ2) is 10.0. The number of halogens is 1. The van der Waals surface area contributed by atoms with Gasteiger partial charge in [0.15, 0.2) is 0 Å². The normalized spacial score (nSPS) is 19.1. The zero-order valence-corrected chi connectivity index (χ0v) is 20.0. The molecule has 0 radical (unpaired) electrons. The van der Waals surface area contributed by atoms with Crippen molar-refractivity contribution in [1.29, 1.82) is 0 Å². The van der Waals surface area contributed by atoms with Gasteiger partial charge >= 0.3 is 0 Å². The topological polar surface area (TPSA) is 54.9 Å². The number of pyridine rings is 1. The lowest BCUT2D eigenvalue weighted by atomic mass is 9.75. The molecule has 2 aromatic heterocycles. The van der Waals surface area contributed by atoms with Crippen LogP contribution in [0.25, 0.3) is 21.5 Å². The van der Waals surface area contributed by atoms with Gasteiger partial charge in [0.25, 0.3) is 5.91 Å². The molecule has 1 atom stereocenters. The highest BCUT2D eigenvalue weighted by molar-refractivity contribution is 7.13. The number of benzene rings is 2. The minimum atomic E-state index is -0.219. The molecule has 4 aromatic rings. The van der Waals surface area contributed by atoms with E-state index >= 15 is 0 Å². The monoisotopic (exact) mass is 473 g/mol. The van der Waals surface area contributed by atoms with E-state index in [1.165, 1.54) is 11.6 Å². The van der Waals surface area contributed by atoms with E-state index in [1.54, 1.807) is 29.7 Å². The molecule has 4 nitrogen and oxygen atoms in total. The average Bonchev–Trinajstić information content (AvgIpc) is 3.42. The Morgan fingerprint density at radius 1 is 1.06 bits per heavy atom. The SMILES string of the molecule is CCC(NC(=O)c1ccc(-c2nccs2)cc1)C1CCC(c2ccnc3ccc(F)cc23)CC1. The lowest BCUT2D eigenvalue weighted by molar-refractivity contribution is 0.0909. The van der Waals surface area contributed by atoms with E-state index in [-0.39, 0.29) is 17.8 Å². The molecule has 2 aromatic carbocycles. The third-order valence-electron chi connectivity index (χ3n) is 7.10. The molecule has 1 aliphatic carbocycles. The van der Waals surface area contributed by atoms with Crippen molar-refractivity contribution in [2.75, 3.05) is 0 Å². The molecule has 174 valence electrons. The molecule has 1 fully saturated rings. The molecular weight excluding hydrogens is 445 g/mol. The molecule has 6 heteroatoms. The number of nitrogens with zero attached hydrogens (tertiary/aromatic N) is 2. The maximum absolute atomic E-state index is 13.9. The summed E-state index contributed by atoms with van der Waals surface area (Å²) in [6.07, 6.45) is 8.69. The van der Waals surface area contributed by atoms with E-state index in [4.69, 9.17) is 0 Å². The van der Waals surface area contributed by atoms with Gasteiger partial charge in [-0.1, -0.05) is 19.1 Å². The van der Waals surface area contributed by atoms with Crippen LogP contribution >= 0.6 is 11.3 Å². The van der Waals surface area contributed by atoms with Crippen LogP contribution in [0.1, 0.15) is 60.9 Å². The Morgan fingerprint density at radius 2 is 1.85 bits per heavy atom. The van der Waals surface area contributed by atoms with E-state index in [1.807, 2.05) is 41.9 Å². The second-order valence-electron chi connectivity index (χ2n) is 9.08. The zero-order valence-electron chi connectivity index (χ0n) is 19.2. The standard InChI is InChI=1S/C28H28FN3OS/c1-2-25(32-27(33)20-7-9-21(10-8-20)28-31-15-16-34-28)19-5-3-18(4-6-19)23-13-14-30-26-12-11-22(29)17-24(23)26/h7-19,25H,2-6H2,1H3,(H,32,33). The van der Waals surface area contributed by atoms with Crippen molar-refractivity contribution in [3.8, 4) is 10.6 Å². The molecule has 5 rings (SSSR count). The van der Waals surface area contributed by atoms with Crippen LogP contribution in [0.5, 0.6) is 0 Å². The Morgan fingerprint density at radius 3 is 2.56 bits per heavy atom. The second-order valence-corrected chi connectivity index (χ2v) is 9.97. The van der Waals surface area contributed by atoms with Crippen molar-refractivity contribution in [2.24, 2.45) is 5.92 Å². The molecule has 1 N–H and O–H groups in total. The fourth-order valence-corrected chi connectivity index (χ4v) is 5.91. The number of aromatic nitrogens is 2. The molecule has 0 aliphatic heterocycles. The third-order valence-corrected chi connectivity index (χ3v) is 7.92. The van der Waals surface area contributed by atoms with Gasteiger partial charge in [0.2, 0.25) is 0 Å². The molecule has 0 bridgehead atoms. The molecule has 2 heterocycles. The van der Waals surface area contributed by atoms with Gasteiger partial charge in [0, 0.05) is 40.3 Å². The maximum atomic E-state index is 13.9. The number of rotatable bonds is 6. The van der Waals surface area contributed by atoms with Crippen LogP contribution in [0, 0.1) is 11.7 Å². The van der Waals surface area contributed by atoms with Crippen molar-refractivity contribution in [2.45, 2.75) is 51.0 Å². The first-order chi connectivity index (χ1) is 16.6. The smallest absolute Gasteiger partial charge is 0.251 e. The number of carbonyl (C=O) groups excluding carboxylic acids is 1. The first kappa shape index (κ1) is 22.7. The summed E-state index contributed by atoms with van der Waals surface area (Å²) in [5, 5.41) is 7.12. The van der Waals surface area contributed by atoms with Crippen molar-refractivity contribution in [3.63, 3.8) is 0 Å². The Labute approximate surface area is 203 Å². The summed E-state index contributed by atoms with van der Waals surface area (Å²) in [5.74, 6) is 0.610. The van der Waals surface area contributed by atoms with Crippen LogP contribution in [0.2, 0.25) is 0 Å². The van der Waals surface area contributed by atoms with E-state index in [9.17, 15) is 9.18 Å². The molecular formula is C28H28FN3OS. The fourth-order valence-electron chi connectivity index (χ4n) is 5.26. The van der Waals surface area contributed by atoms with Gasteiger partial charge in [0.1, 0.15) is 10.8 Å². The molecule has 34 heavy (non-hydrogen) atoms. The largest absolute Gasteiger partial charge is 0.349 e. The lowest BCUT2D eigenvalue weighted by Gasteiger charge is -2.34. The Hall–Kier alpha value is -3.12. The summed E-state index contributed by atoms with van der Waals surface area (Å²) >= 11 is 1.59. The minimum Gasteiger partial charge on any atom is -0.349 e. The van der Waals surface area contributed by atoms with Crippen LogP contribution in [-0.4, -0.2) is 21.9 Å². The van der Waals surface area contributed by atoms with Crippen LogP contribution in [-0.2, 0) is 0 Å². The molecule has 0 spiro atoms. The highest BCUT2D eigenvalue weighted by Gasteiger charge is 2.29. The Bertz CT molecular complexity index is 1260. The number of thiazole rings is 1. The van der Waals surface area contributed by atoms with Crippen LogP contribution in [0.15, 0.2) is 66.3 Å². The minimum absolute atomic E-state index is 0.0183. The molecule has 1 unspecified atom stereocenters. The Balaban J connectivity index is 1.23.